The monoisotopic (exact) mass is 315 g/mol. The Labute approximate surface area is 111 Å². The van der Waals surface area contributed by atoms with Gasteiger partial charge in [0.15, 0.2) is 0 Å². The van der Waals surface area contributed by atoms with Gasteiger partial charge in [-0.2, -0.15) is 8.42 Å². The molecule has 0 amide bonds. The van der Waals surface area contributed by atoms with Crippen LogP contribution in [0.5, 0.6) is 0 Å². The summed E-state index contributed by atoms with van der Waals surface area (Å²) in [5, 5.41) is 10.2. The molecule has 0 saturated heterocycles. The largest absolute Gasteiger partial charge is 0.465 e. The third kappa shape index (κ3) is 7.82. The van der Waals surface area contributed by atoms with E-state index in [-0.39, 0.29) is 5.69 Å². The van der Waals surface area contributed by atoms with Crippen LogP contribution >= 0.6 is 21.4 Å². The Bertz CT molecular complexity index is 519. The summed E-state index contributed by atoms with van der Waals surface area (Å²) in [7, 11) is 6.07. The van der Waals surface area contributed by atoms with Gasteiger partial charge in [0.2, 0.25) is 0 Å². The molecule has 7 nitrogen and oxygen atoms in total. The van der Waals surface area contributed by atoms with Crippen LogP contribution in [0.3, 0.4) is 0 Å². The molecule has 0 unspecified atom stereocenters. The first-order valence-corrected chi connectivity index (χ1v) is 7.25. The number of halogens is 2. The maximum atomic E-state index is 10.9. The first-order chi connectivity index (χ1) is 8.15. The minimum atomic E-state index is -3.72. The maximum Gasteiger partial charge on any atom is 0.337 e. The van der Waals surface area contributed by atoms with E-state index in [0.717, 1.165) is 0 Å². The third-order valence-corrected chi connectivity index (χ3v) is 1.50. The fraction of sp³-hybridized carbons (Fsp3) is 0.125. The molecule has 0 N–H and O–H groups in total. The third-order valence-electron chi connectivity index (χ3n) is 1.50. The van der Waals surface area contributed by atoms with Gasteiger partial charge in [-0.15, -0.1) is 0 Å². The lowest BCUT2D eigenvalue weighted by molar-refractivity contribution is -0.384. The lowest BCUT2D eigenvalue weighted by Gasteiger charge is -1.97. The summed E-state index contributed by atoms with van der Waals surface area (Å²) in [6.07, 6.45) is 0. The summed E-state index contributed by atoms with van der Waals surface area (Å²) in [6, 6.07) is 5.21. The normalized spacial score (nSPS) is 9.94. The maximum absolute atomic E-state index is 10.9. The highest BCUT2D eigenvalue weighted by Gasteiger charge is 2.08. The van der Waals surface area contributed by atoms with Crippen LogP contribution < -0.4 is 0 Å². The predicted molar refractivity (Wildman–Crippen MR) is 65.1 cm³/mol. The molecular weight excluding hydrogens is 309 g/mol. The number of esters is 1. The molecule has 0 atom stereocenters. The first kappa shape index (κ1) is 16.6. The Morgan fingerprint density at radius 2 is 1.67 bits per heavy atom. The number of rotatable bonds is 2. The number of hydrogen-bond donors (Lipinski definition) is 0. The van der Waals surface area contributed by atoms with Gasteiger partial charge in [-0.3, -0.25) is 10.1 Å². The molecule has 10 heteroatoms. The van der Waals surface area contributed by atoms with E-state index in [1.807, 2.05) is 0 Å². The smallest absolute Gasteiger partial charge is 0.337 e. The molecule has 0 heterocycles. The standard InChI is InChI=1S/C8H7NO4.Cl2O2S/c1-13-8(10)6-2-4-7(5-3-6)9(11)12;1-5(2,3)4/h2-5H,1H3;. The molecule has 0 spiro atoms. The van der Waals surface area contributed by atoms with E-state index in [4.69, 9.17) is 8.42 Å². The van der Waals surface area contributed by atoms with E-state index in [1.165, 1.54) is 31.4 Å². The van der Waals surface area contributed by atoms with Crippen LogP contribution in [0.15, 0.2) is 24.3 Å². The Hall–Kier alpha value is -1.38. The second-order valence-corrected chi connectivity index (χ2v) is 6.34. The summed E-state index contributed by atoms with van der Waals surface area (Å²) in [5.74, 6) is -0.505. The van der Waals surface area contributed by atoms with Crippen molar-refractivity contribution in [2.75, 3.05) is 7.11 Å². The van der Waals surface area contributed by atoms with Gasteiger partial charge in [0, 0.05) is 33.5 Å². The quantitative estimate of drug-likeness (QED) is 0.358. The van der Waals surface area contributed by atoms with Crippen LogP contribution in [0, 0.1) is 10.1 Å². The van der Waals surface area contributed by atoms with Gasteiger partial charge in [0.25, 0.3) is 5.69 Å². The summed E-state index contributed by atoms with van der Waals surface area (Å²) in [6.45, 7) is 0. The SMILES string of the molecule is COC(=O)c1ccc([N+](=O)[O-])cc1.O=S(=O)(Cl)Cl. The molecule has 1 aromatic carbocycles. The van der Waals surface area contributed by atoms with Crippen molar-refractivity contribution < 1.29 is 22.9 Å². The molecular formula is C8H7Cl2NO6S. The molecule has 0 saturated carbocycles. The van der Waals surface area contributed by atoms with Crippen LogP contribution in [0.1, 0.15) is 10.4 Å². The van der Waals surface area contributed by atoms with Crippen molar-refractivity contribution in [1.82, 2.24) is 0 Å². The number of nitro benzene ring substituents is 1. The van der Waals surface area contributed by atoms with E-state index >= 15 is 0 Å². The van der Waals surface area contributed by atoms with Crippen molar-refractivity contribution in [3.8, 4) is 0 Å². The first-order valence-electron chi connectivity index (χ1n) is 4.12. The molecule has 0 aromatic heterocycles. The van der Waals surface area contributed by atoms with E-state index in [9.17, 15) is 14.9 Å². The second kappa shape index (κ2) is 7.14. The topological polar surface area (TPSA) is 104 Å². The van der Waals surface area contributed by atoms with E-state index in [0.29, 0.717) is 5.56 Å². The number of nitrogens with zero attached hydrogens (tertiary/aromatic N) is 1. The molecule has 1 aromatic rings. The van der Waals surface area contributed by atoms with Crippen molar-refractivity contribution in [1.29, 1.82) is 0 Å². The highest BCUT2D eigenvalue weighted by atomic mass is 36.0. The number of methoxy groups -OCH3 is 1. The minimum absolute atomic E-state index is 0.0485. The summed E-state index contributed by atoms with van der Waals surface area (Å²) >= 11 is 0. The minimum Gasteiger partial charge on any atom is -0.465 e. The van der Waals surface area contributed by atoms with Gasteiger partial charge in [-0.1, -0.05) is 0 Å². The summed E-state index contributed by atoms with van der Waals surface area (Å²) in [4.78, 5) is 20.6. The van der Waals surface area contributed by atoms with Crippen molar-refractivity contribution in [3.05, 3.63) is 39.9 Å². The fourth-order valence-electron chi connectivity index (χ4n) is 0.837. The fourth-order valence-corrected chi connectivity index (χ4v) is 0.837. The zero-order valence-electron chi connectivity index (χ0n) is 8.87. The van der Waals surface area contributed by atoms with Gasteiger partial charge in [0.05, 0.1) is 17.6 Å². The van der Waals surface area contributed by atoms with E-state index in [2.05, 4.69) is 26.1 Å². The number of benzene rings is 1. The average molecular weight is 316 g/mol. The van der Waals surface area contributed by atoms with Crippen molar-refractivity contribution in [2.45, 2.75) is 0 Å². The summed E-state index contributed by atoms with van der Waals surface area (Å²) < 4.78 is 22.8. The Morgan fingerprint density at radius 1 is 1.28 bits per heavy atom. The van der Waals surface area contributed by atoms with Gasteiger partial charge < -0.3 is 4.74 Å². The van der Waals surface area contributed by atoms with E-state index in [1.54, 1.807) is 0 Å². The van der Waals surface area contributed by atoms with Crippen LogP contribution in [0.25, 0.3) is 0 Å². The lowest BCUT2D eigenvalue weighted by Crippen LogP contribution is -2.00. The molecule has 0 aliphatic rings. The van der Waals surface area contributed by atoms with Gasteiger partial charge >= 0.3 is 14.2 Å². The van der Waals surface area contributed by atoms with Crippen LogP contribution in [-0.4, -0.2) is 26.4 Å². The lowest BCUT2D eigenvalue weighted by atomic mass is 10.2. The van der Waals surface area contributed by atoms with Crippen molar-refractivity contribution >= 4 is 41.3 Å². The molecule has 0 aliphatic carbocycles. The molecule has 0 aliphatic heterocycles. The highest BCUT2D eigenvalue weighted by Crippen LogP contribution is 2.12. The highest BCUT2D eigenvalue weighted by molar-refractivity contribution is 8.31. The Morgan fingerprint density at radius 3 is 1.94 bits per heavy atom. The van der Waals surface area contributed by atoms with Gasteiger partial charge in [-0.25, -0.2) is 4.79 Å². The van der Waals surface area contributed by atoms with E-state index < -0.39 is 19.2 Å². The number of non-ortho nitro benzene ring substituents is 1. The number of ether oxygens (including phenoxy) is 1. The van der Waals surface area contributed by atoms with Crippen molar-refractivity contribution in [2.24, 2.45) is 0 Å². The Balaban J connectivity index is 0.000000494. The number of nitro groups is 1. The van der Waals surface area contributed by atoms with Gasteiger partial charge in [-0.05, 0) is 12.1 Å². The zero-order valence-corrected chi connectivity index (χ0v) is 11.2. The molecule has 0 fully saturated rings. The zero-order chi connectivity index (χ0) is 14.3. The van der Waals surface area contributed by atoms with Crippen LogP contribution in [0.4, 0.5) is 5.69 Å². The number of hydrogen-bond acceptors (Lipinski definition) is 6. The van der Waals surface area contributed by atoms with Gasteiger partial charge in [0.1, 0.15) is 0 Å². The molecule has 18 heavy (non-hydrogen) atoms. The molecule has 0 bridgehead atoms. The molecule has 0 radical (unpaired) electrons. The van der Waals surface area contributed by atoms with Crippen LogP contribution in [0.2, 0.25) is 0 Å². The average Bonchev–Trinajstić information content (AvgIpc) is 2.26. The number of carbonyl (C=O) groups excluding carboxylic acids is 1. The van der Waals surface area contributed by atoms with Crippen molar-refractivity contribution in [3.63, 3.8) is 0 Å². The summed E-state index contributed by atoms with van der Waals surface area (Å²) in [5.41, 5.74) is 0.251. The second-order valence-electron chi connectivity index (χ2n) is 2.67. The Kier molecular flexibility index (Phi) is 6.60. The van der Waals surface area contributed by atoms with Crippen LogP contribution in [-0.2, 0) is 13.0 Å². The predicted octanol–water partition coefficient (Wildman–Crippen LogP) is 2.09. The molecule has 1 rings (SSSR count). The number of carbonyl (C=O) groups is 1. The molecule has 100 valence electrons.